The summed E-state index contributed by atoms with van der Waals surface area (Å²) >= 11 is 1.19. The lowest BCUT2D eigenvalue weighted by Crippen LogP contribution is -2.29. The molecule has 0 bridgehead atoms. The van der Waals surface area contributed by atoms with Gasteiger partial charge in [-0.2, -0.15) is 0 Å². The van der Waals surface area contributed by atoms with Gasteiger partial charge >= 0.3 is 0 Å². The van der Waals surface area contributed by atoms with Gasteiger partial charge in [0.2, 0.25) is 11.8 Å². The summed E-state index contributed by atoms with van der Waals surface area (Å²) in [6.45, 7) is 1.91. The highest BCUT2D eigenvalue weighted by Crippen LogP contribution is 2.23. The molecule has 142 valence electrons. The number of fused-ring (bicyclic) bond motifs is 1. The van der Waals surface area contributed by atoms with Gasteiger partial charge in [-0.25, -0.2) is 4.98 Å². The van der Waals surface area contributed by atoms with Crippen LogP contribution in [0.1, 0.15) is 18.8 Å². The van der Waals surface area contributed by atoms with Crippen molar-refractivity contribution >= 4 is 28.7 Å². The van der Waals surface area contributed by atoms with Crippen molar-refractivity contribution in [2.45, 2.75) is 18.2 Å². The third-order valence-electron chi connectivity index (χ3n) is 4.23. The SMILES string of the molecule is C[C@H](NC(=O)CSc1nnc(-c2cccnc2)o1)c1nc2ccccc2n1C. The monoisotopic (exact) mass is 394 g/mol. The number of nitrogens with one attached hydrogen (secondary N) is 1. The van der Waals surface area contributed by atoms with E-state index in [2.05, 4.69) is 25.5 Å². The van der Waals surface area contributed by atoms with E-state index in [1.165, 1.54) is 11.8 Å². The fraction of sp³-hybridized carbons (Fsp3) is 0.211. The molecule has 0 aliphatic carbocycles. The van der Waals surface area contributed by atoms with E-state index in [0.717, 1.165) is 22.4 Å². The zero-order valence-corrected chi connectivity index (χ0v) is 16.2. The number of para-hydroxylation sites is 2. The van der Waals surface area contributed by atoms with Crippen LogP contribution in [0, 0.1) is 0 Å². The van der Waals surface area contributed by atoms with Gasteiger partial charge in [0.05, 0.1) is 28.4 Å². The summed E-state index contributed by atoms with van der Waals surface area (Å²) in [5.41, 5.74) is 2.67. The fourth-order valence-corrected chi connectivity index (χ4v) is 3.47. The number of aromatic nitrogens is 5. The maximum atomic E-state index is 12.3. The first-order chi connectivity index (χ1) is 13.6. The second-order valence-electron chi connectivity index (χ2n) is 6.21. The summed E-state index contributed by atoms with van der Waals surface area (Å²) in [5, 5.41) is 11.3. The molecule has 28 heavy (non-hydrogen) atoms. The number of pyridine rings is 1. The van der Waals surface area contributed by atoms with Gasteiger partial charge in [-0.3, -0.25) is 9.78 Å². The molecule has 1 atom stereocenters. The van der Waals surface area contributed by atoms with Gasteiger partial charge in [0.15, 0.2) is 0 Å². The summed E-state index contributed by atoms with van der Waals surface area (Å²) in [6.07, 6.45) is 3.32. The Balaban J connectivity index is 1.36. The van der Waals surface area contributed by atoms with Gasteiger partial charge in [0, 0.05) is 19.4 Å². The van der Waals surface area contributed by atoms with Crippen molar-refractivity contribution in [3.63, 3.8) is 0 Å². The molecular formula is C19H18N6O2S. The van der Waals surface area contributed by atoms with E-state index >= 15 is 0 Å². The summed E-state index contributed by atoms with van der Waals surface area (Å²) in [5.74, 6) is 1.22. The molecule has 3 heterocycles. The van der Waals surface area contributed by atoms with E-state index in [0.29, 0.717) is 11.1 Å². The van der Waals surface area contributed by atoms with Crippen LogP contribution in [0.2, 0.25) is 0 Å². The Morgan fingerprint density at radius 1 is 1.25 bits per heavy atom. The highest BCUT2D eigenvalue weighted by atomic mass is 32.2. The Morgan fingerprint density at radius 2 is 2.11 bits per heavy atom. The summed E-state index contributed by atoms with van der Waals surface area (Å²) < 4.78 is 7.56. The van der Waals surface area contributed by atoms with Crippen molar-refractivity contribution in [2.24, 2.45) is 7.05 Å². The highest BCUT2D eigenvalue weighted by molar-refractivity contribution is 7.99. The fourth-order valence-electron chi connectivity index (χ4n) is 2.90. The number of aryl methyl sites for hydroxylation is 1. The molecule has 0 radical (unpaired) electrons. The van der Waals surface area contributed by atoms with Crippen molar-refractivity contribution in [3.8, 4) is 11.5 Å². The first-order valence-corrected chi connectivity index (χ1v) is 9.68. The van der Waals surface area contributed by atoms with Crippen LogP contribution in [0.4, 0.5) is 0 Å². The third kappa shape index (κ3) is 3.74. The standard InChI is InChI=1S/C19H18N6O2S/c1-12(17-22-14-7-3-4-8-15(14)25(17)2)21-16(26)11-28-19-24-23-18(27-19)13-6-5-9-20-10-13/h3-10,12H,11H2,1-2H3,(H,21,26)/t12-/m0/s1. The number of hydrogen-bond acceptors (Lipinski definition) is 7. The van der Waals surface area contributed by atoms with Gasteiger partial charge in [-0.05, 0) is 31.2 Å². The quantitative estimate of drug-likeness (QED) is 0.502. The second-order valence-corrected chi connectivity index (χ2v) is 7.14. The Kier molecular flexibility index (Phi) is 5.07. The minimum Gasteiger partial charge on any atom is -0.411 e. The van der Waals surface area contributed by atoms with Crippen LogP contribution in [-0.4, -0.2) is 36.4 Å². The number of carbonyl (C=O) groups is 1. The number of nitrogens with zero attached hydrogens (tertiary/aromatic N) is 5. The van der Waals surface area contributed by atoms with E-state index in [1.54, 1.807) is 18.5 Å². The largest absolute Gasteiger partial charge is 0.411 e. The molecule has 1 amide bonds. The molecule has 4 aromatic rings. The molecule has 4 rings (SSSR count). The van der Waals surface area contributed by atoms with Crippen LogP contribution in [0.3, 0.4) is 0 Å². The lowest BCUT2D eigenvalue weighted by molar-refractivity contribution is -0.119. The molecule has 0 unspecified atom stereocenters. The number of rotatable bonds is 6. The molecular weight excluding hydrogens is 376 g/mol. The van der Waals surface area contributed by atoms with Crippen LogP contribution >= 0.6 is 11.8 Å². The summed E-state index contributed by atoms with van der Waals surface area (Å²) in [4.78, 5) is 21.0. The van der Waals surface area contributed by atoms with E-state index in [9.17, 15) is 4.79 Å². The highest BCUT2D eigenvalue weighted by Gasteiger charge is 2.17. The van der Waals surface area contributed by atoms with Crippen molar-refractivity contribution < 1.29 is 9.21 Å². The van der Waals surface area contributed by atoms with Crippen LogP contribution < -0.4 is 5.32 Å². The van der Waals surface area contributed by atoms with Crippen molar-refractivity contribution in [1.82, 2.24) is 30.0 Å². The first kappa shape index (κ1) is 18.2. The number of hydrogen-bond donors (Lipinski definition) is 1. The lowest BCUT2D eigenvalue weighted by atomic mass is 10.3. The topological polar surface area (TPSA) is 98.7 Å². The first-order valence-electron chi connectivity index (χ1n) is 8.69. The van der Waals surface area contributed by atoms with Gasteiger partial charge in [-0.15, -0.1) is 10.2 Å². The van der Waals surface area contributed by atoms with Crippen LogP contribution in [-0.2, 0) is 11.8 Å². The average Bonchev–Trinajstić information content (AvgIpc) is 3.32. The minimum atomic E-state index is -0.223. The zero-order chi connectivity index (χ0) is 19.5. The van der Waals surface area contributed by atoms with E-state index in [1.807, 2.05) is 48.9 Å². The molecule has 0 saturated heterocycles. The maximum Gasteiger partial charge on any atom is 0.277 e. The molecule has 1 N–H and O–H groups in total. The molecule has 0 aliphatic heterocycles. The van der Waals surface area contributed by atoms with E-state index in [-0.39, 0.29) is 17.7 Å². The van der Waals surface area contributed by atoms with Crippen LogP contribution in [0.5, 0.6) is 0 Å². The third-order valence-corrected chi connectivity index (χ3v) is 5.05. The Labute approximate surface area is 165 Å². The Morgan fingerprint density at radius 3 is 2.89 bits per heavy atom. The maximum absolute atomic E-state index is 12.3. The molecule has 9 heteroatoms. The number of imidazole rings is 1. The average molecular weight is 394 g/mol. The van der Waals surface area contributed by atoms with E-state index < -0.39 is 0 Å². The summed E-state index contributed by atoms with van der Waals surface area (Å²) in [6, 6.07) is 11.3. The lowest BCUT2D eigenvalue weighted by Gasteiger charge is -2.13. The molecule has 8 nitrogen and oxygen atoms in total. The molecule has 0 saturated carbocycles. The zero-order valence-electron chi connectivity index (χ0n) is 15.4. The molecule has 3 aromatic heterocycles. The number of amides is 1. The second kappa shape index (κ2) is 7.81. The Hall–Kier alpha value is -3.20. The van der Waals surface area contributed by atoms with Crippen molar-refractivity contribution in [1.29, 1.82) is 0 Å². The number of benzene rings is 1. The van der Waals surface area contributed by atoms with E-state index in [4.69, 9.17) is 4.42 Å². The number of carbonyl (C=O) groups excluding carboxylic acids is 1. The normalized spacial score (nSPS) is 12.2. The van der Waals surface area contributed by atoms with Crippen LogP contribution in [0.15, 0.2) is 58.4 Å². The summed E-state index contributed by atoms with van der Waals surface area (Å²) in [7, 11) is 1.94. The number of thioether (sulfide) groups is 1. The molecule has 0 aliphatic rings. The van der Waals surface area contributed by atoms with Gasteiger partial charge in [0.1, 0.15) is 5.82 Å². The minimum absolute atomic E-state index is 0.134. The molecule has 1 aromatic carbocycles. The predicted octanol–water partition coefficient (Wildman–Crippen LogP) is 2.99. The van der Waals surface area contributed by atoms with Crippen molar-refractivity contribution in [2.75, 3.05) is 5.75 Å². The van der Waals surface area contributed by atoms with Gasteiger partial charge in [-0.1, -0.05) is 23.9 Å². The predicted molar refractivity (Wildman–Crippen MR) is 106 cm³/mol. The van der Waals surface area contributed by atoms with Crippen molar-refractivity contribution in [3.05, 3.63) is 54.6 Å². The van der Waals surface area contributed by atoms with Gasteiger partial charge in [0.25, 0.3) is 5.22 Å². The molecule has 0 fully saturated rings. The van der Waals surface area contributed by atoms with Crippen LogP contribution in [0.25, 0.3) is 22.5 Å². The smallest absolute Gasteiger partial charge is 0.277 e. The molecule has 0 spiro atoms. The van der Waals surface area contributed by atoms with Gasteiger partial charge < -0.3 is 14.3 Å². The Bertz CT molecular complexity index is 1110.